The molecule has 1 fully saturated rings. The molecule has 1 aromatic carbocycles. The second kappa shape index (κ2) is 5.25. The van der Waals surface area contributed by atoms with E-state index >= 15 is 0 Å². The number of hydrogen-bond acceptors (Lipinski definition) is 3. The molecule has 1 heterocycles. The first-order valence-corrected chi connectivity index (χ1v) is 8.29. The summed E-state index contributed by atoms with van der Waals surface area (Å²) in [5, 5.41) is 2.06. The molecule has 0 bridgehead atoms. The van der Waals surface area contributed by atoms with Crippen LogP contribution in [-0.4, -0.2) is 4.98 Å². The molecule has 2 N–H and O–H groups in total. The Morgan fingerprint density at radius 1 is 1.32 bits per heavy atom. The van der Waals surface area contributed by atoms with Crippen LogP contribution >= 0.6 is 27.3 Å². The number of nitrogens with two attached hydrogens (primary N) is 1. The minimum atomic E-state index is 0.630. The van der Waals surface area contributed by atoms with E-state index in [1.165, 1.54) is 36.3 Å². The molecule has 1 aromatic heterocycles. The third-order valence-corrected chi connectivity index (χ3v) is 5.46. The van der Waals surface area contributed by atoms with Gasteiger partial charge in [-0.1, -0.05) is 40.9 Å². The van der Waals surface area contributed by atoms with Crippen LogP contribution in [-0.2, 0) is 0 Å². The Hall–Kier alpha value is -0.870. The molecule has 0 atom stereocenters. The molecular weight excluding hydrogens is 320 g/mol. The number of halogens is 1. The lowest BCUT2D eigenvalue weighted by Crippen LogP contribution is -1.91. The monoisotopic (exact) mass is 336 g/mol. The number of nitrogen functional groups attached to an aromatic ring is 1. The summed E-state index contributed by atoms with van der Waals surface area (Å²) in [5.74, 6) is 0.630. The number of aromatic nitrogens is 1. The van der Waals surface area contributed by atoms with E-state index in [1.54, 1.807) is 11.3 Å². The van der Waals surface area contributed by atoms with Crippen LogP contribution in [0.3, 0.4) is 0 Å². The Morgan fingerprint density at radius 3 is 2.74 bits per heavy atom. The van der Waals surface area contributed by atoms with Gasteiger partial charge in [0.2, 0.25) is 0 Å². The maximum Gasteiger partial charge on any atom is 0.114 e. The topological polar surface area (TPSA) is 38.9 Å². The Balaban J connectivity index is 2.00. The van der Waals surface area contributed by atoms with Gasteiger partial charge in [-0.15, -0.1) is 11.3 Å². The van der Waals surface area contributed by atoms with E-state index in [0.29, 0.717) is 5.92 Å². The van der Waals surface area contributed by atoms with Crippen molar-refractivity contribution in [1.82, 2.24) is 4.98 Å². The summed E-state index contributed by atoms with van der Waals surface area (Å²) in [7, 11) is 0. The zero-order valence-corrected chi connectivity index (χ0v) is 13.4. The van der Waals surface area contributed by atoms with E-state index in [0.717, 1.165) is 20.7 Å². The Bertz CT molecular complexity index is 600. The fraction of sp³-hybridized carbons (Fsp3) is 0.400. The van der Waals surface area contributed by atoms with Gasteiger partial charge in [0.15, 0.2) is 0 Å². The van der Waals surface area contributed by atoms with Gasteiger partial charge in [-0.3, -0.25) is 0 Å². The molecule has 0 spiro atoms. The highest BCUT2D eigenvalue weighted by Crippen LogP contribution is 2.42. The first kappa shape index (κ1) is 13.1. The van der Waals surface area contributed by atoms with Gasteiger partial charge in [0.05, 0.1) is 5.01 Å². The Kier molecular flexibility index (Phi) is 3.63. The molecule has 1 saturated carbocycles. The van der Waals surface area contributed by atoms with Crippen molar-refractivity contribution >= 4 is 32.3 Å². The third-order valence-electron chi connectivity index (χ3n) is 3.75. The lowest BCUT2D eigenvalue weighted by Gasteiger charge is -2.04. The zero-order valence-electron chi connectivity index (χ0n) is 10.9. The van der Waals surface area contributed by atoms with Crippen molar-refractivity contribution in [2.75, 3.05) is 5.73 Å². The van der Waals surface area contributed by atoms with Crippen molar-refractivity contribution in [3.8, 4) is 11.3 Å². The predicted octanol–water partition coefficient (Wildman–Crippen LogP) is 5.12. The second-order valence-corrected chi connectivity index (χ2v) is 7.15. The van der Waals surface area contributed by atoms with Crippen LogP contribution in [0.1, 0.15) is 42.2 Å². The molecule has 0 radical (unpaired) electrons. The molecule has 1 aliphatic rings. The van der Waals surface area contributed by atoms with Crippen molar-refractivity contribution in [3.63, 3.8) is 0 Å². The lowest BCUT2D eigenvalue weighted by atomic mass is 10.1. The summed E-state index contributed by atoms with van der Waals surface area (Å²) < 4.78 is 1.07. The first-order valence-electron chi connectivity index (χ1n) is 6.68. The summed E-state index contributed by atoms with van der Waals surface area (Å²) in [6, 6.07) is 6.32. The third kappa shape index (κ3) is 2.56. The maximum atomic E-state index is 6.18. The second-order valence-electron chi connectivity index (χ2n) is 5.23. The average Bonchev–Trinajstić information content (AvgIpc) is 2.98. The van der Waals surface area contributed by atoms with E-state index in [1.807, 2.05) is 0 Å². The summed E-state index contributed by atoms with van der Waals surface area (Å²) in [4.78, 5) is 4.82. The van der Waals surface area contributed by atoms with Gasteiger partial charge in [0, 0.05) is 16.0 Å². The fourth-order valence-corrected chi connectivity index (χ4v) is 4.40. The van der Waals surface area contributed by atoms with Crippen molar-refractivity contribution < 1.29 is 0 Å². The van der Waals surface area contributed by atoms with Crippen molar-refractivity contribution in [3.05, 3.63) is 33.2 Å². The van der Waals surface area contributed by atoms with E-state index < -0.39 is 0 Å². The van der Waals surface area contributed by atoms with Crippen molar-refractivity contribution in [2.45, 2.75) is 38.5 Å². The Morgan fingerprint density at radius 2 is 2.05 bits per heavy atom. The van der Waals surface area contributed by atoms with Gasteiger partial charge in [0.1, 0.15) is 10.7 Å². The summed E-state index contributed by atoms with van der Waals surface area (Å²) in [6.07, 6.45) is 5.18. The van der Waals surface area contributed by atoms with Crippen LogP contribution in [0.15, 0.2) is 22.7 Å². The van der Waals surface area contributed by atoms with E-state index in [9.17, 15) is 0 Å². The highest BCUT2D eigenvalue weighted by molar-refractivity contribution is 9.10. The molecule has 100 valence electrons. The molecule has 0 aliphatic heterocycles. The van der Waals surface area contributed by atoms with E-state index in [-0.39, 0.29) is 0 Å². The van der Waals surface area contributed by atoms with Crippen LogP contribution in [0.25, 0.3) is 11.3 Å². The SMILES string of the molecule is Cc1ccc(-c2nc(C3CCCC3)sc2N)c(Br)c1. The zero-order chi connectivity index (χ0) is 13.4. The van der Waals surface area contributed by atoms with Crippen LogP contribution < -0.4 is 5.73 Å². The molecule has 2 nitrogen and oxygen atoms in total. The number of rotatable bonds is 2. The van der Waals surface area contributed by atoms with Crippen molar-refractivity contribution in [2.24, 2.45) is 0 Å². The molecule has 0 amide bonds. The number of aryl methyl sites for hydroxylation is 1. The molecule has 2 aromatic rings. The van der Waals surface area contributed by atoms with Crippen LogP contribution in [0.5, 0.6) is 0 Å². The van der Waals surface area contributed by atoms with E-state index in [2.05, 4.69) is 41.1 Å². The summed E-state index contributed by atoms with van der Waals surface area (Å²) >= 11 is 5.29. The van der Waals surface area contributed by atoms with Crippen molar-refractivity contribution in [1.29, 1.82) is 0 Å². The standard InChI is InChI=1S/C15H17BrN2S/c1-9-6-7-11(12(16)8-9)13-14(17)19-15(18-13)10-4-2-3-5-10/h6-8,10H,2-5,17H2,1H3. The van der Waals surface area contributed by atoms with Crippen LogP contribution in [0, 0.1) is 6.92 Å². The highest BCUT2D eigenvalue weighted by atomic mass is 79.9. The van der Waals surface area contributed by atoms with E-state index in [4.69, 9.17) is 10.7 Å². The number of nitrogens with zero attached hydrogens (tertiary/aromatic N) is 1. The van der Waals surface area contributed by atoms with Gasteiger partial charge in [-0.25, -0.2) is 4.98 Å². The number of hydrogen-bond donors (Lipinski definition) is 1. The normalized spacial score (nSPS) is 16.1. The molecule has 19 heavy (non-hydrogen) atoms. The number of anilines is 1. The van der Waals surface area contributed by atoms with Crippen LogP contribution in [0.2, 0.25) is 0 Å². The predicted molar refractivity (Wildman–Crippen MR) is 85.6 cm³/mol. The smallest absolute Gasteiger partial charge is 0.114 e. The quantitative estimate of drug-likeness (QED) is 0.826. The first-order chi connectivity index (χ1) is 9.15. The molecule has 4 heteroatoms. The minimum absolute atomic E-state index is 0.630. The summed E-state index contributed by atoms with van der Waals surface area (Å²) in [6.45, 7) is 2.09. The van der Waals surface area contributed by atoms with Gasteiger partial charge >= 0.3 is 0 Å². The molecule has 1 aliphatic carbocycles. The van der Waals surface area contributed by atoms with Gasteiger partial charge < -0.3 is 5.73 Å². The number of thiazole rings is 1. The Labute approximate surface area is 126 Å². The summed E-state index contributed by atoms with van der Waals surface area (Å²) in [5.41, 5.74) is 9.46. The molecule has 0 unspecified atom stereocenters. The fourth-order valence-electron chi connectivity index (χ4n) is 2.70. The lowest BCUT2D eigenvalue weighted by molar-refractivity contribution is 0.717. The number of benzene rings is 1. The van der Waals surface area contributed by atoms with Crippen LogP contribution in [0.4, 0.5) is 5.00 Å². The maximum absolute atomic E-state index is 6.18. The molecule has 3 rings (SSSR count). The largest absolute Gasteiger partial charge is 0.389 e. The van der Waals surface area contributed by atoms with Gasteiger partial charge in [-0.05, 0) is 31.4 Å². The average molecular weight is 337 g/mol. The highest BCUT2D eigenvalue weighted by Gasteiger charge is 2.22. The van der Waals surface area contributed by atoms with Gasteiger partial charge in [0.25, 0.3) is 0 Å². The minimum Gasteiger partial charge on any atom is -0.389 e. The van der Waals surface area contributed by atoms with Gasteiger partial charge in [-0.2, -0.15) is 0 Å². The molecule has 0 saturated heterocycles. The molecular formula is C15H17BrN2S.